The summed E-state index contributed by atoms with van der Waals surface area (Å²) in [5, 5.41) is 17.4. The van der Waals surface area contributed by atoms with Gasteiger partial charge in [0.25, 0.3) is 0 Å². The summed E-state index contributed by atoms with van der Waals surface area (Å²) in [7, 11) is 1.81. The van der Waals surface area contributed by atoms with Crippen LogP contribution in [0.3, 0.4) is 0 Å². The average molecular weight is 457 g/mol. The molecular weight excluding hydrogens is 428 g/mol. The zero-order chi connectivity index (χ0) is 24.3. The number of imidazole rings is 1. The number of benzene rings is 2. The number of hydrogen-bond donors (Lipinski definition) is 3. The Labute approximate surface area is 198 Å². The molecule has 174 valence electrons. The third-order valence-corrected chi connectivity index (χ3v) is 5.46. The number of carbonyl (C=O) groups is 1. The van der Waals surface area contributed by atoms with Crippen LogP contribution in [0, 0.1) is 5.41 Å². The first-order chi connectivity index (χ1) is 16.3. The summed E-state index contributed by atoms with van der Waals surface area (Å²) in [6.07, 6.45) is 5.10. The van der Waals surface area contributed by atoms with Gasteiger partial charge in [0.2, 0.25) is 11.8 Å². The molecule has 0 radical (unpaired) electrons. The van der Waals surface area contributed by atoms with E-state index in [1.807, 2.05) is 67.8 Å². The zero-order valence-corrected chi connectivity index (χ0v) is 19.7. The second-order valence-corrected chi connectivity index (χ2v) is 9.07. The number of allylic oxidation sites excluding steroid dienone is 1. The second kappa shape index (κ2) is 9.35. The van der Waals surface area contributed by atoms with E-state index >= 15 is 0 Å². The number of carbonyl (C=O) groups excluding carboxylic acids is 1. The molecule has 0 saturated heterocycles. The standard InChI is InChI=1S/C26H28N6O2/c1-26(2,3)23-13-25(34-31-23)30-24(33)11-17-5-8-20(9-6-17)32-16-29-21-12-18(7-10-22(21)32)19(14-27)15-28-4/h5-10,12-16,27-28H,11H2,1-4H3,(H,30,33)/b19-15+,27-14?. The van der Waals surface area contributed by atoms with Crippen LogP contribution in [0.25, 0.3) is 22.3 Å². The average Bonchev–Trinajstić information content (AvgIpc) is 3.44. The van der Waals surface area contributed by atoms with Gasteiger partial charge in [-0.3, -0.25) is 14.7 Å². The fraction of sp³-hybridized carbons (Fsp3) is 0.231. The van der Waals surface area contributed by atoms with E-state index in [1.54, 1.807) is 25.6 Å². The van der Waals surface area contributed by atoms with E-state index < -0.39 is 0 Å². The van der Waals surface area contributed by atoms with Gasteiger partial charge in [-0.15, -0.1) is 0 Å². The highest BCUT2D eigenvalue weighted by molar-refractivity contribution is 6.09. The Kier molecular flexibility index (Phi) is 6.32. The molecule has 4 rings (SSSR count). The molecule has 2 aromatic carbocycles. The number of fused-ring (bicyclic) bond motifs is 1. The van der Waals surface area contributed by atoms with E-state index in [0.29, 0.717) is 5.88 Å². The maximum atomic E-state index is 12.4. The minimum Gasteiger partial charge on any atom is -0.393 e. The summed E-state index contributed by atoms with van der Waals surface area (Å²) in [4.78, 5) is 17.0. The van der Waals surface area contributed by atoms with Crippen LogP contribution in [-0.2, 0) is 16.6 Å². The monoisotopic (exact) mass is 456 g/mol. The summed E-state index contributed by atoms with van der Waals surface area (Å²) >= 11 is 0. The number of nitrogens with one attached hydrogen (secondary N) is 3. The summed E-state index contributed by atoms with van der Waals surface area (Å²) in [5.74, 6) is 0.188. The number of rotatable bonds is 7. The van der Waals surface area contributed by atoms with Gasteiger partial charge < -0.3 is 15.2 Å². The quantitative estimate of drug-likeness (QED) is 0.349. The Bertz CT molecular complexity index is 1360. The van der Waals surface area contributed by atoms with Crippen molar-refractivity contribution in [2.24, 2.45) is 0 Å². The van der Waals surface area contributed by atoms with Crippen LogP contribution in [0.15, 0.2) is 65.6 Å². The lowest BCUT2D eigenvalue weighted by Crippen LogP contribution is -2.14. The van der Waals surface area contributed by atoms with Crippen molar-refractivity contribution < 1.29 is 9.32 Å². The molecule has 0 aliphatic heterocycles. The molecule has 0 fully saturated rings. The lowest BCUT2D eigenvalue weighted by molar-refractivity contribution is -0.115. The topological polar surface area (TPSA) is 109 Å². The first-order valence-electron chi connectivity index (χ1n) is 11.0. The largest absolute Gasteiger partial charge is 0.393 e. The van der Waals surface area contributed by atoms with Crippen molar-refractivity contribution in [3.8, 4) is 5.69 Å². The van der Waals surface area contributed by atoms with E-state index in [1.165, 1.54) is 6.21 Å². The van der Waals surface area contributed by atoms with Crippen molar-refractivity contribution in [2.45, 2.75) is 32.6 Å². The van der Waals surface area contributed by atoms with Gasteiger partial charge in [-0.1, -0.05) is 44.1 Å². The van der Waals surface area contributed by atoms with Crippen molar-refractivity contribution in [1.82, 2.24) is 20.0 Å². The molecule has 2 heterocycles. The SMILES string of the molecule is CN/C=C(\C=N)c1ccc2c(c1)ncn2-c1ccc(CC(=O)Nc2cc(C(C)(C)C)no2)cc1. The highest BCUT2D eigenvalue weighted by Gasteiger charge is 2.19. The molecule has 0 aliphatic carbocycles. The molecule has 0 aliphatic rings. The highest BCUT2D eigenvalue weighted by atomic mass is 16.5. The predicted molar refractivity (Wildman–Crippen MR) is 134 cm³/mol. The first kappa shape index (κ1) is 23.0. The van der Waals surface area contributed by atoms with E-state index in [2.05, 4.69) is 20.8 Å². The number of hydrogen-bond acceptors (Lipinski definition) is 6. The van der Waals surface area contributed by atoms with Gasteiger partial charge in [-0.25, -0.2) is 4.98 Å². The van der Waals surface area contributed by atoms with E-state index in [9.17, 15) is 4.79 Å². The number of anilines is 1. The number of amides is 1. The van der Waals surface area contributed by atoms with Crippen LogP contribution in [0.2, 0.25) is 0 Å². The molecule has 8 heteroatoms. The molecule has 3 N–H and O–H groups in total. The summed E-state index contributed by atoms with van der Waals surface area (Å²) in [6.45, 7) is 6.11. The molecule has 2 aromatic heterocycles. The van der Waals surface area contributed by atoms with Gasteiger partial charge in [0.1, 0.15) is 6.33 Å². The lowest BCUT2D eigenvalue weighted by Gasteiger charge is -2.12. The van der Waals surface area contributed by atoms with Crippen LogP contribution in [-0.4, -0.2) is 33.9 Å². The van der Waals surface area contributed by atoms with Gasteiger partial charge >= 0.3 is 0 Å². The minimum atomic E-state index is -0.165. The smallest absolute Gasteiger partial charge is 0.231 e. The summed E-state index contributed by atoms with van der Waals surface area (Å²) in [6, 6.07) is 15.5. The van der Waals surface area contributed by atoms with Crippen LogP contribution < -0.4 is 10.6 Å². The Balaban J connectivity index is 1.47. The molecule has 8 nitrogen and oxygen atoms in total. The zero-order valence-electron chi connectivity index (χ0n) is 19.7. The lowest BCUT2D eigenvalue weighted by atomic mass is 9.92. The Morgan fingerprint density at radius 2 is 1.91 bits per heavy atom. The van der Waals surface area contributed by atoms with Crippen molar-refractivity contribution in [2.75, 3.05) is 12.4 Å². The summed E-state index contributed by atoms with van der Waals surface area (Å²) in [5.41, 5.74) is 5.98. The van der Waals surface area contributed by atoms with E-state index in [0.717, 1.165) is 39.1 Å². The fourth-order valence-corrected chi connectivity index (χ4v) is 3.59. The van der Waals surface area contributed by atoms with Crippen LogP contribution in [0.5, 0.6) is 0 Å². The van der Waals surface area contributed by atoms with Crippen LogP contribution in [0.1, 0.15) is 37.6 Å². The Morgan fingerprint density at radius 3 is 2.56 bits per heavy atom. The molecule has 0 saturated carbocycles. The minimum absolute atomic E-state index is 0.146. The number of aromatic nitrogens is 3. The number of nitrogens with zero attached hydrogens (tertiary/aromatic N) is 3. The fourth-order valence-electron chi connectivity index (χ4n) is 3.59. The van der Waals surface area contributed by atoms with Gasteiger partial charge in [0.15, 0.2) is 0 Å². The van der Waals surface area contributed by atoms with Gasteiger partial charge in [-0.2, -0.15) is 0 Å². The maximum absolute atomic E-state index is 12.4. The van der Waals surface area contributed by atoms with Gasteiger partial charge in [0.05, 0.1) is 23.1 Å². The predicted octanol–water partition coefficient (Wildman–Crippen LogP) is 4.70. The maximum Gasteiger partial charge on any atom is 0.231 e. The van der Waals surface area contributed by atoms with E-state index in [4.69, 9.17) is 9.93 Å². The third kappa shape index (κ3) is 4.91. The van der Waals surface area contributed by atoms with Crippen molar-refractivity contribution in [3.63, 3.8) is 0 Å². The van der Waals surface area contributed by atoms with Crippen LogP contribution in [0.4, 0.5) is 5.88 Å². The Morgan fingerprint density at radius 1 is 1.15 bits per heavy atom. The molecule has 34 heavy (non-hydrogen) atoms. The van der Waals surface area contributed by atoms with Crippen molar-refractivity contribution >= 4 is 34.6 Å². The van der Waals surface area contributed by atoms with Gasteiger partial charge in [-0.05, 0) is 35.4 Å². The second-order valence-electron chi connectivity index (χ2n) is 9.07. The Hall–Kier alpha value is -4.20. The molecule has 4 aromatic rings. The molecule has 1 amide bonds. The first-order valence-corrected chi connectivity index (χ1v) is 11.0. The van der Waals surface area contributed by atoms with E-state index in [-0.39, 0.29) is 17.7 Å². The van der Waals surface area contributed by atoms with Crippen LogP contribution >= 0.6 is 0 Å². The molecule has 0 atom stereocenters. The van der Waals surface area contributed by atoms with Crippen molar-refractivity contribution in [1.29, 1.82) is 5.41 Å². The van der Waals surface area contributed by atoms with Gasteiger partial charge in [0, 0.05) is 42.2 Å². The molecule has 0 bridgehead atoms. The third-order valence-electron chi connectivity index (χ3n) is 5.46. The normalized spacial score (nSPS) is 12.1. The summed E-state index contributed by atoms with van der Waals surface area (Å²) < 4.78 is 7.24. The molecule has 0 unspecified atom stereocenters. The van der Waals surface area contributed by atoms with Crippen molar-refractivity contribution in [3.05, 3.63) is 77.9 Å². The molecule has 0 spiro atoms. The molecular formula is C26H28N6O2. The highest BCUT2D eigenvalue weighted by Crippen LogP contribution is 2.24.